The van der Waals surface area contributed by atoms with Crippen molar-refractivity contribution in [3.8, 4) is 0 Å². The van der Waals surface area contributed by atoms with Crippen LogP contribution < -0.4 is 15.5 Å². The van der Waals surface area contributed by atoms with Gasteiger partial charge in [-0.2, -0.15) is 0 Å². The van der Waals surface area contributed by atoms with Gasteiger partial charge in [0.25, 0.3) is 0 Å². The van der Waals surface area contributed by atoms with Crippen molar-refractivity contribution in [2.45, 2.75) is 60.3 Å². The zero-order chi connectivity index (χ0) is 31.7. The molecule has 4 aliphatic rings. The topological polar surface area (TPSA) is 81.8 Å². The van der Waals surface area contributed by atoms with E-state index in [9.17, 15) is 13.2 Å². The third kappa shape index (κ3) is 5.91. The van der Waals surface area contributed by atoms with Crippen LogP contribution >= 0.6 is 0 Å². The summed E-state index contributed by atoms with van der Waals surface area (Å²) in [7, 11) is -3.71. The highest BCUT2D eigenvalue weighted by atomic mass is 32.2. The fraction of sp³-hybridized carbons (Fsp3) is 0.447. The molecule has 3 aliphatic heterocycles. The summed E-state index contributed by atoms with van der Waals surface area (Å²) >= 11 is 0. The molecule has 242 valence electrons. The van der Waals surface area contributed by atoms with E-state index in [1.807, 2.05) is 12.1 Å². The Hall–Kier alpha value is -3.46. The number of anilines is 2. The van der Waals surface area contributed by atoms with Gasteiger partial charge >= 0.3 is 0 Å². The first-order chi connectivity index (χ1) is 22.4. The van der Waals surface area contributed by atoms with E-state index in [0.717, 1.165) is 50.3 Å². The number of piperidine rings is 1. The van der Waals surface area contributed by atoms with Crippen molar-refractivity contribution in [1.82, 2.24) is 10.2 Å². The SMILES string of the molecule is C=CC(=O)Nc1cccc(S(=O)(=O)c2ccc(N3CC(CN4CCC([C@@]5(C6CCCC6)NCCc6ccccc65)CC4)C3)cc2)c1. The number of likely N-dealkylation sites (tertiary alicyclic amines) is 1. The zero-order valence-corrected chi connectivity index (χ0v) is 27.5. The number of nitrogens with zero attached hydrogens (tertiary/aromatic N) is 2. The molecule has 3 fully saturated rings. The van der Waals surface area contributed by atoms with Crippen LogP contribution in [-0.2, 0) is 26.6 Å². The van der Waals surface area contributed by atoms with Crippen LogP contribution in [0.3, 0.4) is 0 Å². The van der Waals surface area contributed by atoms with Crippen LogP contribution in [0.4, 0.5) is 11.4 Å². The number of benzene rings is 3. The molecule has 1 saturated carbocycles. The summed E-state index contributed by atoms with van der Waals surface area (Å²) in [5.41, 5.74) is 4.79. The standard InChI is InChI=1S/C38H46N4O3S/c1-2-37(43)40-32-11-7-12-35(24-32)46(44,45)34-16-14-33(15-17-34)42-26-28(27-42)25-41-22-19-31(20-23-41)38(30-9-4-5-10-30)36-13-6-3-8-29(36)18-21-39-38/h2-3,6-8,11-17,24,28,30-31,39H,1,4-5,9-10,18-23,25-27H2,(H,40,43)/t38-/m1/s1. The lowest BCUT2D eigenvalue weighted by Crippen LogP contribution is -2.59. The Morgan fingerprint density at radius 1 is 0.913 bits per heavy atom. The molecule has 1 aliphatic carbocycles. The molecule has 7 rings (SSSR count). The number of carbonyl (C=O) groups excluding carboxylic acids is 1. The number of carbonyl (C=O) groups is 1. The molecule has 0 bridgehead atoms. The summed E-state index contributed by atoms with van der Waals surface area (Å²) in [5.74, 6) is 1.69. The molecule has 0 unspecified atom stereocenters. The van der Waals surface area contributed by atoms with Gasteiger partial charge in [0.15, 0.2) is 0 Å². The van der Waals surface area contributed by atoms with E-state index in [-0.39, 0.29) is 21.2 Å². The van der Waals surface area contributed by atoms with Crippen LogP contribution in [0.1, 0.15) is 49.7 Å². The van der Waals surface area contributed by atoms with Crippen molar-refractivity contribution in [1.29, 1.82) is 0 Å². The van der Waals surface area contributed by atoms with Gasteiger partial charge in [-0.05, 0) is 117 Å². The molecule has 0 radical (unpaired) electrons. The summed E-state index contributed by atoms with van der Waals surface area (Å²) in [6, 6.07) is 22.8. The van der Waals surface area contributed by atoms with E-state index in [1.165, 1.54) is 57.7 Å². The molecule has 3 aromatic carbocycles. The average molecular weight is 639 g/mol. The van der Waals surface area contributed by atoms with Gasteiger partial charge in [-0.1, -0.05) is 49.8 Å². The molecule has 7 nitrogen and oxygen atoms in total. The van der Waals surface area contributed by atoms with Gasteiger partial charge in [-0.3, -0.25) is 4.79 Å². The predicted molar refractivity (Wildman–Crippen MR) is 184 cm³/mol. The summed E-state index contributed by atoms with van der Waals surface area (Å²) in [5, 5.41) is 6.78. The average Bonchev–Trinajstić information content (AvgIpc) is 3.62. The number of sulfone groups is 1. The molecule has 1 atom stereocenters. The van der Waals surface area contributed by atoms with Crippen LogP contribution in [-0.4, -0.2) is 58.5 Å². The van der Waals surface area contributed by atoms with Crippen molar-refractivity contribution in [3.05, 3.63) is 96.6 Å². The van der Waals surface area contributed by atoms with E-state index in [4.69, 9.17) is 0 Å². The van der Waals surface area contributed by atoms with Crippen LogP contribution in [0, 0.1) is 17.8 Å². The predicted octanol–water partition coefficient (Wildman–Crippen LogP) is 6.02. The zero-order valence-electron chi connectivity index (χ0n) is 26.7. The molecule has 2 saturated heterocycles. The van der Waals surface area contributed by atoms with Crippen LogP contribution in [0.2, 0.25) is 0 Å². The van der Waals surface area contributed by atoms with Crippen molar-refractivity contribution in [2.24, 2.45) is 17.8 Å². The van der Waals surface area contributed by atoms with Crippen molar-refractivity contribution in [3.63, 3.8) is 0 Å². The molecule has 1 amide bonds. The maximum atomic E-state index is 13.3. The molecule has 0 spiro atoms. The molecule has 2 N–H and O–H groups in total. The second-order valence-corrected chi connectivity index (χ2v) is 15.7. The number of hydrogen-bond acceptors (Lipinski definition) is 6. The molecular formula is C38H46N4O3S. The van der Waals surface area contributed by atoms with Gasteiger partial charge < -0.3 is 20.4 Å². The minimum atomic E-state index is -3.71. The lowest BCUT2D eigenvalue weighted by Gasteiger charge is -2.53. The van der Waals surface area contributed by atoms with Gasteiger partial charge in [0.05, 0.1) is 9.79 Å². The molecule has 3 heterocycles. The van der Waals surface area contributed by atoms with Crippen LogP contribution in [0.5, 0.6) is 0 Å². The highest BCUT2D eigenvalue weighted by molar-refractivity contribution is 7.91. The van der Waals surface area contributed by atoms with Crippen LogP contribution in [0.15, 0.2) is 95.2 Å². The molecular weight excluding hydrogens is 593 g/mol. The van der Waals surface area contributed by atoms with E-state index in [0.29, 0.717) is 17.5 Å². The molecule has 3 aromatic rings. The first kappa shape index (κ1) is 31.2. The highest BCUT2D eigenvalue weighted by Gasteiger charge is 2.50. The Bertz CT molecular complexity index is 1670. The number of hydrogen-bond donors (Lipinski definition) is 2. The Kier molecular flexibility index (Phi) is 8.79. The Morgan fingerprint density at radius 2 is 1.63 bits per heavy atom. The Balaban J connectivity index is 0.940. The fourth-order valence-electron chi connectivity index (χ4n) is 8.82. The summed E-state index contributed by atoms with van der Waals surface area (Å²) < 4.78 is 26.6. The minimum Gasteiger partial charge on any atom is -0.371 e. The molecule has 8 heteroatoms. The van der Waals surface area contributed by atoms with Crippen LogP contribution in [0.25, 0.3) is 0 Å². The fourth-order valence-corrected chi connectivity index (χ4v) is 10.1. The van der Waals surface area contributed by atoms with Gasteiger partial charge in [-0.25, -0.2) is 8.42 Å². The second-order valence-electron chi connectivity index (χ2n) is 13.7. The second kappa shape index (κ2) is 13.0. The van der Waals surface area contributed by atoms with Gasteiger partial charge in [0.2, 0.25) is 15.7 Å². The Morgan fingerprint density at radius 3 is 2.37 bits per heavy atom. The summed E-state index contributed by atoms with van der Waals surface area (Å²) in [6.07, 6.45) is 10.3. The van der Waals surface area contributed by atoms with Crippen molar-refractivity contribution in [2.75, 3.05) is 49.5 Å². The van der Waals surface area contributed by atoms with Crippen molar-refractivity contribution < 1.29 is 13.2 Å². The van der Waals surface area contributed by atoms with Gasteiger partial charge in [0.1, 0.15) is 0 Å². The Labute approximate surface area is 274 Å². The molecule has 46 heavy (non-hydrogen) atoms. The quantitative estimate of drug-likeness (QED) is 0.279. The third-order valence-electron chi connectivity index (χ3n) is 11.1. The number of amides is 1. The van der Waals surface area contributed by atoms with E-state index in [1.54, 1.807) is 41.5 Å². The maximum Gasteiger partial charge on any atom is 0.247 e. The minimum absolute atomic E-state index is 0.146. The van der Waals surface area contributed by atoms with Crippen molar-refractivity contribution >= 4 is 27.1 Å². The first-order valence-corrected chi connectivity index (χ1v) is 18.5. The smallest absolute Gasteiger partial charge is 0.247 e. The summed E-state index contributed by atoms with van der Waals surface area (Å²) in [4.78, 5) is 17.1. The monoisotopic (exact) mass is 638 g/mol. The van der Waals surface area contributed by atoms with E-state index < -0.39 is 9.84 Å². The maximum absolute atomic E-state index is 13.3. The normalized spacial score (nSPS) is 23.1. The number of fused-ring (bicyclic) bond motifs is 1. The lowest BCUT2D eigenvalue weighted by molar-refractivity contribution is -0.111. The molecule has 0 aromatic heterocycles. The van der Waals surface area contributed by atoms with E-state index in [2.05, 4.69) is 51.3 Å². The first-order valence-electron chi connectivity index (χ1n) is 17.1. The lowest BCUT2D eigenvalue weighted by atomic mass is 9.63. The van der Waals surface area contributed by atoms with E-state index >= 15 is 0 Å². The van der Waals surface area contributed by atoms with Gasteiger partial charge in [0, 0.05) is 49.0 Å². The summed E-state index contributed by atoms with van der Waals surface area (Å²) in [6.45, 7) is 10.0. The largest absolute Gasteiger partial charge is 0.371 e. The van der Waals surface area contributed by atoms with Gasteiger partial charge in [-0.15, -0.1) is 0 Å². The number of nitrogens with one attached hydrogen (secondary N) is 2. The highest BCUT2D eigenvalue weighted by Crippen LogP contribution is 2.50. The third-order valence-corrected chi connectivity index (χ3v) is 12.9. The number of rotatable bonds is 9.